The van der Waals surface area contributed by atoms with Crippen LogP contribution in [-0.4, -0.2) is 35.9 Å². The first-order valence-electron chi connectivity index (χ1n) is 10.2. The van der Waals surface area contributed by atoms with E-state index in [1.807, 2.05) is 36.6 Å². The lowest BCUT2D eigenvalue weighted by molar-refractivity contribution is -0.114. The van der Waals surface area contributed by atoms with Crippen LogP contribution in [0.4, 0.5) is 10.7 Å². The number of thioether (sulfide) groups is 1. The highest BCUT2D eigenvalue weighted by Gasteiger charge is 2.22. The highest BCUT2D eigenvalue weighted by molar-refractivity contribution is 8.00. The summed E-state index contributed by atoms with van der Waals surface area (Å²) in [6.45, 7) is 3.95. The normalized spacial score (nSPS) is 10.5. The Bertz CT molecular complexity index is 1130. The molecule has 0 aliphatic heterocycles. The van der Waals surface area contributed by atoms with Gasteiger partial charge in [-0.3, -0.25) is 9.59 Å². The summed E-state index contributed by atoms with van der Waals surface area (Å²) in [6.07, 6.45) is 0. The molecule has 2 aromatic carbocycles. The molecule has 6 nitrogen and oxygen atoms in total. The highest BCUT2D eigenvalue weighted by atomic mass is 35.5. The van der Waals surface area contributed by atoms with Gasteiger partial charge < -0.3 is 15.4 Å². The van der Waals surface area contributed by atoms with Gasteiger partial charge in [0.05, 0.1) is 18.1 Å². The van der Waals surface area contributed by atoms with Gasteiger partial charge in [-0.1, -0.05) is 41.4 Å². The van der Waals surface area contributed by atoms with Gasteiger partial charge in [0.2, 0.25) is 11.8 Å². The Labute approximate surface area is 205 Å². The standard InChI is InChI=1S/C24H23ClN2O4S2/c1-3-31-24(30)22-19(16-6-4-15(2)5-7-16)12-33-23(22)27-21(29)14-32-13-20(28)26-18-10-8-17(25)9-11-18/h4-12H,3,13-14H2,1-2H3,(H,26,28)(H,27,29). The molecular weight excluding hydrogens is 480 g/mol. The summed E-state index contributed by atoms with van der Waals surface area (Å²) in [5.41, 5.74) is 3.66. The number of aryl methyl sites for hydroxylation is 1. The summed E-state index contributed by atoms with van der Waals surface area (Å²) in [7, 11) is 0. The summed E-state index contributed by atoms with van der Waals surface area (Å²) in [5.74, 6) is -0.838. The Hall–Kier alpha value is -2.81. The third-order valence-electron chi connectivity index (χ3n) is 4.48. The molecule has 0 saturated carbocycles. The van der Waals surface area contributed by atoms with Crippen LogP contribution in [0, 0.1) is 6.92 Å². The third kappa shape index (κ3) is 7.08. The first kappa shape index (κ1) is 24.8. The molecule has 0 bridgehead atoms. The van der Waals surface area contributed by atoms with Gasteiger partial charge in [0, 0.05) is 21.7 Å². The van der Waals surface area contributed by atoms with Crippen LogP contribution < -0.4 is 10.6 Å². The summed E-state index contributed by atoms with van der Waals surface area (Å²) < 4.78 is 5.22. The van der Waals surface area contributed by atoms with Crippen molar-refractivity contribution in [3.05, 3.63) is 70.1 Å². The van der Waals surface area contributed by atoms with E-state index in [1.54, 1.807) is 31.2 Å². The van der Waals surface area contributed by atoms with Crippen molar-refractivity contribution >= 4 is 63.2 Å². The quantitative estimate of drug-likeness (QED) is 0.358. The second kappa shape index (κ2) is 11.9. The molecule has 0 spiro atoms. The fourth-order valence-electron chi connectivity index (χ4n) is 2.93. The fourth-order valence-corrected chi connectivity index (χ4v) is 4.65. The predicted molar refractivity (Wildman–Crippen MR) is 136 cm³/mol. The Kier molecular flexibility index (Phi) is 8.94. The van der Waals surface area contributed by atoms with E-state index in [1.165, 1.54) is 23.1 Å². The largest absolute Gasteiger partial charge is 0.462 e. The van der Waals surface area contributed by atoms with Crippen LogP contribution in [0.25, 0.3) is 11.1 Å². The Morgan fingerprint density at radius 1 is 0.970 bits per heavy atom. The molecule has 3 rings (SSSR count). The molecule has 1 heterocycles. The Morgan fingerprint density at radius 3 is 2.24 bits per heavy atom. The van der Waals surface area contributed by atoms with Gasteiger partial charge >= 0.3 is 5.97 Å². The highest BCUT2D eigenvalue weighted by Crippen LogP contribution is 2.36. The van der Waals surface area contributed by atoms with Gasteiger partial charge in [-0.2, -0.15) is 0 Å². The number of rotatable bonds is 9. The van der Waals surface area contributed by atoms with E-state index in [0.717, 1.165) is 11.1 Å². The number of benzene rings is 2. The molecule has 0 saturated heterocycles. The van der Waals surface area contributed by atoms with E-state index in [4.69, 9.17) is 16.3 Å². The first-order valence-corrected chi connectivity index (χ1v) is 12.6. The van der Waals surface area contributed by atoms with Crippen LogP contribution in [0.2, 0.25) is 5.02 Å². The second-order valence-electron chi connectivity index (χ2n) is 7.04. The number of nitrogens with one attached hydrogen (secondary N) is 2. The minimum atomic E-state index is -0.486. The molecule has 0 aliphatic carbocycles. The molecule has 0 fully saturated rings. The second-order valence-corrected chi connectivity index (χ2v) is 9.34. The number of carbonyl (C=O) groups excluding carboxylic acids is 3. The summed E-state index contributed by atoms with van der Waals surface area (Å²) in [5, 5.41) is 8.39. The van der Waals surface area contributed by atoms with Crippen LogP contribution in [0.15, 0.2) is 53.9 Å². The SMILES string of the molecule is CCOC(=O)c1c(-c2ccc(C)cc2)csc1NC(=O)CSCC(=O)Nc1ccc(Cl)cc1. The maximum Gasteiger partial charge on any atom is 0.341 e. The first-order chi connectivity index (χ1) is 15.9. The van der Waals surface area contributed by atoms with Crippen molar-refractivity contribution in [2.75, 3.05) is 28.7 Å². The summed E-state index contributed by atoms with van der Waals surface area (Å²) in [6, 6.07) is 14.6. The van der Waals surface area contributed by atoms with Crippen LogP contribution in [0.1, 0.15) is 22.8 Å². The van der Waals surface area contributed by atoms with Crippen molar-refractivity contribution in [2.24, 2.45) is 0 Å². The Balaban J connectivity index is 1.61. The molecular formula is C24H23ClN2O4S2. The molecule has 0 radical (unpaired) electrons. The number of hydrogen-bond acceptors (Lipinski definition) is 6. The van der Waals surface area contributed by atoms with Crippen molar-refractivity contribution in [3.8, 4) is 11.1 Å². The van der Waals surface area contributed by atoms with Gasteiger partial charge in [-0.25, -0.2) is 4.79 Å². The van der Waals surface area contributed by atoms with E-state index < -0.39 is 5.97 Å². The average Bonchev–Trinajstić information content (AvgIpc) is 3.19. The average molecular weight is 503 g/mol. The lowest BCUT2D eigenvalue weighted by Crippen LogP contribution is -2.19. The molecule has 172 valence electrons. The minimum absolute atomic E-state index is 0.0636. The number of amides is 2. The molecule has 9 heteroatoms. The topological polar surface area (TPSA) is 84.5 Å². The maximum atomic E-state index is 12.6. The van der Waals surface area contributed by atoms with Crippen molar-refractivity contribution < 1.29 is 19.1 Å². The van der Waals surface area contributed by atoms with Crippen LogP contribution in [-0.2, 0) is 14.3 Å². The monoisotopic (exact) mass is 502 g/mol. The third-order valence-corrected chi connectivity index (χ3v) is 6.56. The van der Waals surface area contributed by atoms with Gasteiger partial charge in [0.25, 0.3) is 0 Å². The lowest BCUT2D eigenvalue weighted by atomic mass is 10.0. The maximum absolute atomic E-state index is 12.6. The summed E-state index contributed by atoms with van der Waals surface area (Å²) >= 11 is 8.28. The molecule has 33 heavy (non-hydrogen) atoms. The van der Waals surface area contributed by atoms with Gasteiger partial charge in [-0.15, -0.1) is 23.1 Å². The number of halogens is 1. The zero-order chi connectivity index (χ0) is 23.8. The molecule has 0 unspecified atom stereocenters. The van der Waals surface area contributed by atoms with Crippen molar-refractivity contribution in [1.82, 2.24) is 0 Å². The predicted octanol–water partition coefficient (Wildman–Crippen LogP) is 5.86. The fraction of sp³-hybridized carbons (Fsp3) is 0.208. The molecule has 2 amide bonds. The molecule has 0 atom stereocenters. The van der Waals surface area contributed by atoms with E-state index >= 15 is 0 Å². The van der Waals surface area contributed by atoms with Gasteiger partial charge in [0.15, 0.2) is 0 Å². The molecule has 3 aromatic rings. The zero-order valence-electron chi connectivity index (χ0n) is 18.1. The van der Waals surface area contributed by atoms with E-state index in [0.29, 0.717) is 26.8 Å². The number of ether oxygens (including phenoxy) is 1. The number of esters is 1. The van der Waals surface area contributed by atoms with Crippen LogP contribution in [0.5, 0.6) is 0 Å². The van der Waals surface area contributed by atoms with E-state index in [-0.39, 0.29) is 29.9 Å². The van der Waals surface area contributed by atoms with Crippen LogP contribution in [0.3, 0.4) is 0 Å². The minimum Gasteiger partial charge on any atom is -0.462 e. The Morgan fingerprint density at radius 2 is 1.61 bits per heavy atom. The molecule has 0 aliphatic rings. The lowest BCUT2D eigenvalue weighted by Gasteiger charge is -2.09. The van der Waals surface area contributed by atoms with Gasteiger partial charge in [-0.05, 0) is 43.7 Å². The zero-order valence-corrected chi connectivity index (χ0v) is 20.5. The van der Waals surface area contributed by atoms with E-state index in [9.17, 15) is 14.4 Å². The van der Waals surface area contributed by atoms with Crippen molar-refractivity contribution in [2.45, 2.75) is 13.8 Å². The van der Waals surface area contributed by atoms with Crippen molar-refractivity contribution in [1.29, 1.82) is 0 Å². The molecule has 2 N–H and O–H groups in total. The number of carbonyl (C=O) groups is 3. The van der Waals surface area contributed by atoms with Crippen LogP contribution >= 0.6 is 34.7 Å². The number of thiophene rings is 1. The van der Waals surface area contributed by atoms with Crippen molar-refractivity contribution in [3.63, 3.8) is 0 Å². The summed E-state index contributed by atoms with van der Waals surface area (Å²) in [4.78, 5) is 37.2. The number of hydrogen-bond donors (Lipinski definition) is 2. The number of anilines is 2. The molecule has 1 aromatic heterocycles. The van der Waals surface area contributed by atoms with E-state index in [2.05, 4.69) is 10.6 Å². The van der Waals surface area contributed by atoms with Gasteiger partial charge in [0.1, 0.15) is 10.6 Å². The smallest absolute Gasteiger partial charge is 0.341 e.